The Bertz CT molecular complexity index is 537. The fraction of sp³-hybridized carbons (Fsp3) is 0.818. The molecule has 5 N–H and O–H groups in total. The lowest BCUT2D eigenvalue weighted by molar-refractivity contribution is -0.142. The predicted molar refractivity (Wildman–Crippen MR) is 117 cm³/mol. The normalized spacial score (nSPS) is 12.9. The van der Waals surface area contributed by atoms with E-state index in [0.29, 0.717) is 6.42 Å². The molecule has 0 spiro atoms. The van der Waals surface area contributed by atoms with E-state index in [2.05, 4.69) is 17.6 Å². The summed E-state index contributed by atoms with van der Waals surface area (Å²) in [4.78, 5) is 46.9. The fourth-order valence-electron chi connectivity index (χ4n) is 3.18. The third kappa shape index (κ3) is 14.0. The van der Waals surface area contributed by atoms with Crippen LogP contribution in [0.15, 0.2) is 0 Å². The van der Waals surface area contributed by atoms with Crippen molar-refractivity contribution in [3.63, 3.8) is 0 Å². The summed E-state index contributed by atoms with van der Waals surface area (Å²) in [5.74, 6) is -2.86. The summed E-state index contributed by atoms with van der Waals surface area (Å²) in [5, 5.41) is 14.3. The molecule has 0 radical (unpaired) electrons. The van der Waals surface area contributed by atoms with Crippen LogP contribution in [0.25, 0.3) is 0 Å². The lowest BCUT2D eigenvalue weighted by atomic mass is 10.0. The molecule has 0 unspecified atom stereocenters. The van der Waals surface area contributed by atoms with E-state index >= 15 is 0 Å². The molecule has 0 aliphatic heterocycles. The van der Waals surface area contributed by atoms with Gasteiger partial charge in [-0.3, -0.25) is 14.4 Å². The molecule has 0 saturated heterocycles. The number of carbonyl (C=O) groups excluding carboxylic acids is 3. The second-order valence-electron chi connectivity index (χ2n) is 8.27. The van der Waals surface area contributed by atoms with Crippen LogP contribution >= 0.6 is 0 Å². The number of primary amides is 1. The molecule has 8 nitrogen and oxygen atoms in total. The first-order valence-corrected chi connectivity index (χ1v) is 11.3. The summed E-state index contributed by atoms with van der Waals surface area (Å²) < 4.78 is 0. The maximum atomic E-state index is 12.5. The highest BCUT2D eigenvalue weighted by atomic mass is 16.4. The summed E-state index contributed by atoms with van der Waals surface area (Å²) in [6.07, 6.45) is 10.5. The van der Waals surface area contributed by atoms with Gasteiger partial charge in [0.1, 0.15) is 12.1 Å². The number of rotatable bonds is 18. The minimum Gasteiger partial charge on any atom is -0.480 e. The Morgan fingerprint density at radius 2 is 1.37 bits per heavy atom. The zero-order valence-corrected chi connectivity index (χ0v) is 18.9. The van der Waals surface area contributed by atoms with Gasteiger partial charge in [0.15, 0.2) is 0 Å². The van der Waals surface area contributed by atoms with Gasteiger partial charge in [-0.2, -0.15) is 0 Å². The molecular formula is C22H41N3O5. The van der Waals surface area contributed by atoms with Crippen molar-refractivity contribution in [3.8, 4) is 0 Å². The molecule has 8 heteroatoms. The molecule has 0 aromatic rings. The van der Waals surface area contributed by atoms with Crippen LogP contribution < -0.4 is 16.4 Å². The van der Waals surface area contributed by atoms with E-state index in [-0.39, 0.29) is 24.7 Å². The van der Waals surface area contributed by atoms with E-state index in [1.54, 1.807) is 13.8 Å². The SMILES string of the molecule is CCCCCCCCCCCC(=O)N[C@H](C(=O)N[C@@H](CCC(N)=O)C(=O)O)C(C)C. The van der Waals surface area contributed by atoms with E-state index in [0.717, 1.165) is 19.3 Å². The van der Waals surface area contributed by atoms with Crippen LogP contribution in [0.3, 0.4) is 0 Å². The Balaban J connectivity index is 4.32. The monoisotopic (exact) mass is 427 g/mol. The predicted octanol–water partition coefficient (Wildman–Crippen LogP) is 2.88. The Morgan fingerprint density at radius 3 is 1.83 bits per heavy atom. The Labute approximate surface area is 180 Å². The average molecular weight is 428 g/mol. The van der Waals surface area contributed by atoms with Crippen LogP contribution in [0.4, 0.5) is 0 Å². The lowest BCUT2D eigenvalue weighted by Gasteiger charge is -2.24. The highest BCUT2D eigenvalue weighted by Gasteiger charge is 2.28. The number of carboxylic acid groups (broad SMARTS) is 1. The maximum Gasteiger partial charge on any atom is 0.326 e. The van der Waals surface area contributed by atoms with Gasteiger partial charge in [0.05, 0.1) is 0 Å². The molecular weight excluding hydrogens is 386 g/mol. The maximum absolute atomic E-state index is 12.5. The number of hydrogen-bond donors (Lipinski definition) is 4. The molecule has 0 heterocycles. The summed E-state index contributed by atoms with van der Waals surface area (Å²) in [5.41, 5.74) is 5.05. The quantitative estimate of drug-likeness (QED) is 0.249. The second kappa shape index (κ2) is 16.7. The molecule has 30 heavy (non-hydrogen) atoms. The first kappa shape index (κ1) is 27.9. The van der Waals surface area contributed by atoms with Crippen LogP contribution in [0.1, 0.15) is 97.8 Å². The number of nitrogens with one attached hydrogen (secondary N) is 2. The van der Waals surface area contributed by atoms with Crippen molar-refractivity contribution < 1.29 is 24.3 Å². The van der Waals surface area contributed by atoms with Gasteiger partial charge in [-0.25, -0.2) is 4.79 Å². The molecule has 3 amide bonds. The molecule has 0 aromatic carbocycles. The van der Waals surface area contributed by atoms with Crippen molar-refractivity contribution in [3.05, 3.63) is 0 Å². The fourth-order valence-corrected chi connectivity index (χ4v) is 3.18. The number of nitrogens with two attached hydrogens (primary N) is 1. The lowest BCUT2D eigenvalue weighted by Crippen LogP contribution is -2.53. The zero-order valence-electron chi connectivity index (χ0n) is 18.9. The van der Waals surface area contributed by atoms with Crippen molar-refractivity contribution in [1.82, 2.24) is 10.6 Å². The van der Waals surface area contributed by atoms with Gasteiger partial charge < -0.3 is 21.5 Å². The standard InChI is InChI=1S/C22H41N3O5/c1-4-5-6-7-8-9-10-11-12-13-19(27)25-20(16(2)3)21(28)24-17(22(29)30)14-15-18(23)26/h16-17,20H,4-15H2,1-3H3,(H2,23,26)(H,24,28)(H,25,27)(H,29,30)/t17-,20-/m0/s1. The van der Waals surface area contributed by atoms with Gasteiger partial charge in [-0.05, 0) is 18.8 Å². The molecule has 0 aliphatic carbocycles. The summed E-state index contributed by atoms with van der Waals surface area (Å²) >= 11 is 0. The van der Waals surface area contributed by atoms with Gasteiger partial charge >= 0.3 is 5.97 Å². The molecule has 174 valence electrons. The van der Waals surface area contributed by atoms with Crippen molar-refractivity contribution in [1.29, 1.82) is 0 Å². The summed E-state index contributed by atoms with van der Waals surface area (Å²) in [7, 11) is 0. The first-order chi connectivity index (χ1) is 14.2. The number of unbranched alkanes of at least 4 members (excludes halogenated alkanes) is 8. The van der Waals surface area contributed by atoms with E-state index in [4.69, 9.17) is 5.73 Å². The Morgan fingerprint density at radius 1 is 0.833 bits per heavy atom. The molecule has 0 aromatic heterocycles. The zero-order chi connectivity index (χ0) is 22.9. The van der Waals surface area contributed by atoms with E-state index in [9.17, 15) is 24.3 Å². The summed E-state index contributed by atoms with van der Waals surface area (Å²) in [6, 6.07) is -2.05. The second-order valence-corrected chi connectivity index (χ2v) is 8.27. The first-order valence-electron chi connectivity index (χ1n) is 11.3. The number of amides is 3. The Hall–Kier alpha value is -2.12. The van der Waals surface area contributed by atoms with Crippen LogP contribution in [0, 0.1) is 5.92 Å². The van der Waals surface area contributed by atoms with Crippen LogP contribution in [-0.4, -0.2) is 40.9 Å². The number of aliphatic carboxylic acids is 1. The third-order valence-corrected chi connectivity index (χ3v) is 5.07. The van der Waals surface area contributed by atoms with E-state index in [1.807, 2.05) is 0 Å². The van der Waals surface area contributed by atoms with Crippen molar-refractivity contribution in [2.24, 2.45) is 11.7 Å². The van der Waals surface area contributed by atoms with Crippen molar-refractivity contribution >= 4 is 23.7 Å². The topological polar surface area (TPSA) is 139 Å². The smallest absolute Gasteiger partial charge is 0.326 e. The summed E-state index contributed by atoms with van der Waals surface area (Å²) in [6.45, 7) is 5.76. The van der Waals surface area contributed by atoms with Crippen LogP contribution in [0.5, 0.6) is 0 Å². The van der Waals surface area contributed by atoms with Crippen LogP contribution in [0.2, 0.25) is 0 Å². The highest BCUT2D eigenvalue weighted by Crippen LogP contribution is 2.11. The van der Waals surface area contributed by atoms with Gasteiger partial charge in [0.25, 0.3) is 0 Å². The molecule has 0 aliphatic rings. The number of hydrogen-bond acceptors (Lipinski definition) is 4. The molecule has 0 rings (SSSR count). The van der Waals surface area contributed by atoms with Crippen molar-refractivity contribution in [2.75, 3.05) is 0 Å². The van der Waals surface area contributed by atoms with Crippen molar-refractivity contribution in [2.45, 2.75) is 110 Å². The number of carbonyl (C=O) groups is 4. The average Bonchev–Trinajstić information content (AvgIpc) is 2.67. The largest absolute Gasteiger partial charge is 0.480 e. The molecule has 0 bridgehead atoms. The molecule has 0 saturated carbocycles. The van der Waals surface area contributed by atoms with Gasteiger partial charge in [0.2, 0.25) is 17.7 Å². The van der Waals surface area contributed by atoms with Gasteiger partial charge in [-0.15, -0.1) is 0 Å². The minimum absolute atomic E-state index is 0.0897. The van der Waals surface area contributed by atoms with Gasteiger partial charge in [0, 0.05) is 12.8 Å². The highest BCUT2D eigenvalue weighted by molar-refractivity contribution is 5.90. The Kier molecular flexibility index (Phi) is 15.5. The van der Waals surface area contributed by atoms with E-state index in [1.165, 1.54) is 38.5 Å². The minimum atomic E-state index is -1.24. The number of carboxylic acids is 1. The van der Waals surface area contributed by atoms with Crippen LogP contribution in [-0.2, 0) is 19.2 Å². The van der Waals surface area contributed by atoms with E-state index < -0.39 is 29.9 Å². The van der Waals surface area contributed by atoms with Gasteiger partial charge in [-0.1, -0.05) is 72.1 Å². The molecule has 2 atom stereocenters. The molecule has 0 fully saturated rings. The third-order valence-electron chi connectivity index (χ3n) is 5.07.